The Morgan fingerprint density at radius 1 is 1.09 bits per heavy atom. The lowest BCUT2D eigenvalue weighted by Gasteiger charge is -2.24. The van der Waals surface area contributed by atoms with Crippen molar-refractivity contribution >= 4 is 50.2 Å². The van der Waals surface area contributed by atoms with E-state index in [4.69, 9.17) is 21.3 Å². The van der Waals surface area contributed by atoms with Crippen LogP contribution in [-0.2, 0) is 18.3 Å². The molecular weight excluding hydrogens is 584 g/mol. The predicted octanol–water partition coefficient (Wildman–Crippen LogP) is 7.64. The molecule has 218 valence electrons. The number of hydrogen-bond acceptors (Lipinski definition) is 6. The Labute approximate surface area is 256 Å². The van der Waals surface area contributed by atoms with Crippen LogP contribution in [0.2, 0.25) is 5.02 Å². The minimum absolute atomic E-state index is 0.147. The number of carboxylic acid groups (broad SMARTS) is 1. The molecule has 8 nitrogen and oxygen atoms in total. The molecule has 10 heteroatoms. The van der Waals surface area contributed by atoms with E-state index >= 15 is 0 Å². The number of imidazole rings is 1. The number of aromatic nitrogens is 4. The average molecular weight is 613 g/mol. The van der Waals surface area contributed by atoms with Crippen molar-refractivity contribution in [2.45, 2.75) is 39.7 Å². The summed E-state index contributed by atoms with van der Waals surface area (Å²) in [4.78, 5) is 36.6. The molecule has 3 aromatic carbocycles. The van der Waals surface area contributed by atoms with E-state index in [9.17, 15) is 14.7 Å². The zero-order chi connectivity index (χ0) is 30.6. The molecule has 0 atom stereocenters. The topological polar surface area (TPSA) is 110 Å². The van der Waals surface area contributed by atoms with E-state index in [0.29, 0.717) is 16.3 Å². The second-order valence-electron chi connectivity index (χ2n) is 11.5. The Bertz CT molecular complexity index is 2120. The summed E-state index contributed by atoms with van der Waals surface area (Å²) in [5.74, 6) is -0.342. The van der Waals surface area contributed by atoms with Crippen LogP contribution in [0.4, 0.5) is 0 Å². The van der Waals surface area contributed by atoms with Crippen LogP contribution < -0.4 is 10.4 Å². The fraction of sp³-hybridized carbons (Fsp3) is 0.212. The number of carbonyl (C=O) groups is 1. The Balaban J connectivity index is 1.53. The smallest absolute Gasteiger partial charge is 0.326 e. The van der Waals surface area contributed by atoms with Crippen molar-refractivity contribution in [3.63, 3.8) is 0 Å². The molecule has 0 radical (unpaired) electrons. The standard InChI is InChI=1S/C33H29ClN4O4S/c1-17-12-25-30(29(22(17)16-28(39)40)21-8-7-20(34)15-27(21)42-33(2,3)4)43-31(36-25)19-10-11-35-23(14-19)18-6-9-26-24(13-18)37-32(41)38(26)5/h6-15H,16H2,1-5H3,(H,37,41)(H,39,40). The second-order valence-corrected chi connectivity index (χ2v) is 12.9. The van der Waals surface area contributed by atoms with Crippen LogP contribution in [0.1, 0.15) is 31.9 Å². The third kappa shape index (κ3) is 5.53. The molecule has 3 heterocycles. The first-order valence-electron chi connectivity index (χ1n) is 13.7. The Hall–Kier alpha value is -4.47. The molecule has 3 aromatic heterocycles. The molecule has 6 rings (SSSR count). The Morgan fingerprint density at radius 3 is 2.63 bits per heavy atom. The normalized spacial score (nSPS) is 11.9. The lowest BCUT2D eigenvalue weighted by atomic mass is 9.92. The van der Waals surface area contributed by atoms with Crippen molar-refractivity contribution in [1.29, 1.82) is 0 Å². The highest BCUT2D eigenvalue weighted by Gasteiger charge is 2.24. The summed E-state index contributed by atoms with van der Waals surface area (Å²) in [5.41, 5.74) is 7.20. The maximum absolute atomic E-state index is 12.1. The first-order valence-corrected chi connectivity index (χ1v) is 14.9. The number of nitrogens with zero attached hydrogens (tertiary/aromatic N) is 3. The number of fused-ring (bicyclic) bond motifs is 2. The number of benzene rings is 3. The number of carboxylic acids is 1. The molecule has 0 fully saturated rings. The highest BCUT2D eigenvalue weighted by atomic mass is 35.5. The number of rotatable bonds is 6. The highest BCUT2D eigenvalue weighted by Crippen LogP contribution is 2.45. The molecule has 0 bridgehead atoms. The van der Waals surface area contributed by atoms with E-state index in [1.54, 1.807) is 29.9 Å². The maximum Gasteiger partial charge on any atom is 0.326 e. The van der Waals surface area contributed by atoms with Gasteiger partial charge < -0.3 is 14.8 Å². The third-order valence-electron chi connectivity index (χ3n) is 7.18. The molecule has 0 aliphatic rings. The lowest BCUT2D eigenvalue weighted by Crippen LogP contribution is -2.23. The minimum atomic E-state index is -0.920. The quantitative estimate of drug-likeness (QED) is 0.200. The van der Waals surface area contributed by atoms with Crippen molar-refractivity contribution in [3.05, 3.63) is 87.4 Å². The van der Waals surface area contributed by atoms with Gasteiger partial charge in [0.2, 0.25) is 0 Å². The van der Waals surface area contributed by atoms with Gasteiger partial charge in [-0.05, 0) is 87.4 Å². The van der Waals surface area contributed by atoms with Crippen LogP contribution in [-0.4, -0.2) is 36.2 Å². The molecule has 2 N–H and O–H groups in total. The van der Waals surface area contributed by atoms with Gasteiger partial charge >= 0.3 is 11.7 Å². The van der Waals surface area contributed by atoms with Crippen molar-refractivity contribution in [3.8, 4) is 38.7 Å². The van der Waals surface area contributed by atoms with Gasteiger partial charge in [0.05, 0.1) is 33.4 Å². The molecule has 0 aliphatic heterocycles. The molecule has 43 heavy (non-hydrogen) atoms. The summed E-state index contributed by atoms with van der Waals surface area (Å²) in [5, 5.41) is 11.1. The molecule has 0 saturated heterocycles. The Morgan fingerprint density at radius 2 is 1.88 bits per heavy atom. The fourth-order valence-corrected chi connectivity index (χ4v) is 6.55. The predicted molar refractivity (Wildman–Crippen MR) is 172 cm³/mol. The summed E-state index contributed by atoms with van der Waals surface area (Å²) in [6, 6.07) is 17.0. The van der Waals surface area contributed by atoms with Crippen LogP contribution in [0.15, 0.2) is 65.6 Å². The van der Waals surface area contributed by atoms with Crippen molar-refractivity contribution < 1.29 is 14.6 Å². The Kier molecular flexibility index (Phi) is 7.10. The number of ether oxygens (including phenoxy) is 1. The minimum Gasteiger partial charge on any atom is -0.487 e. The van der Waals surface area contributed by atoms with Gasteiger partial charge in [-0.3, -0.25) is 14.3 Å². The summed E-state index contributed by atoms with van der Waals surface area (Å²) in [6.07, 6.45) is 1.59. The summed E-state index contributed by atoms with van der Waals surface area (Å²) in [7, 11) is 1.73. The van der Waals surface area contributed by atoms with Gasteiger partial charge in [-0.25, -0.2) is 9.78 Å². The number of pyridine rings is 1. The van der Waals surface area contributed by atoms with Crippen LogP contribution in [0.5, 0.6) is 5.75 Å². The summed E-state index contributed by atoms with van der Waals surface area (Å²) >= 11 is 7.88. The number of aromatic amines is 1. The van der Waals surface area contributed by atoms with Crippen molar-refractivity contribution in [2.24, 2.45) is 7.05 Å². The number of hydrogen-bond donors (Lipinski definition) is 2. The van der Waals surface area contributed by atoms with Gasteiger partial charge in [0.1, 0.15) is 16.4 Å². The fourth-order valence-electron chi connectivity index (χ4n) is 5.26. The maximum atomic E-state index is 12.1. The largest absolute Gasteiger partial charge is 0.487 e. The highest BCUT2D eigenvalue weighted by molar-refractivity contribution is 7.22. The molecular formula is C33H29ClN4O4S. The zero-order valence-corrected chi connectivity index (χ0v) is 25.9. The monoisotopic (exact) mass is 612 g/mol. The van der Waals surface area contributed by atoms with Gasteiger partial charge in [0.25, 0.3) is 0 Å². The van der Waals surface area contributed by atoms with E-state index in [1.165, 1.54) is 11.3 Å². The van der Waals surface area contributed by atoms with Gasteiger partial charge in [-0.1, -0.05) is 17.7 Å². The molecule has 0 spiro atoms. The van der Waals surface area contributed by atoms with Gasteiger partial charge in [-0.15, -0.1) is 11.3 Å². The number of H-pyrrole nitrogens is 1. The second kappa shape index (κ2) is 10.7. The van der Waals surface area contributed by atoms with Crippen LogP contribution in [0, 0.1) is 6.92 Å². The van der Waals surface area contributed by atoms with E-state index in [2.05, 4.69) is 9.97 Å². The van der Waals surface area contributed by atoms with Crippen molar-refractivity contribution in [1.82, 2.24) is 19.5 Å². The molecule has 0 aliphatic carbocycles. The lowest BCUT2D eigenvalue weighted by molar-refractivity contribution is -0.136. The SMILES string of the molecule is Cc1cc2nc(-c3ccnc(-c4ccc5c(c4)[nH]c(=O)n5C)c3)sc2c(-c2ccc(Cl)cc2OC(C)(C)C)c1CC(=O)O. The summed E-state index contributed by atoms with van der Waals surface area (Å²) < 4.78 is 8.76. The molecule has 0 saturated carbocycles. The number of thiazole rings is 1. The molecule has 0 unspecified atom stereocenters. The first-order chi connectivity index (χ1) is 20.4. The van der Waals surface area contributed by atoms with Crippen LogP contribution in [0.25, 0.3) is 54.2 Å². The van der Waals surface area contributed by atoms with E-state index in [-0.39, 0.29) is 12.1 Å². The number of aryl methyl sites for hydroxylation is 2. The number of aliphatic carboxylic acids is 1. The molecule has 6 aromatic rings. The van der Waals surface area contributed by atoms with Gasteiger partial charge in [-0.2, -0.15) is 0 Å². The van der Waals surface area contributed by atoms with Crippen molar-refractivity contribution in [2.75, 3.05) is 0 Å². The van der Waals surface area contributed by atoms with E-state index < -0.39 is 11.6 Å². The van der Waals surface area contributed by atoms with Gasteiger partial charge in [0, 0.05) is 40.5 Å². The van der Waals surface area contributed by atoms with Crippen LogP contribution >= 0.6 is 22.9 Å². The van der Waals surface area contributed by atoms with E-state index in [0.717, 1.165) is 59.8 Å². The summed E-state index contributed by atoms with van der Waals surface area (Å²) in [6.45, 7) is 7.79. The average Bonchev–Trinajstić information content (AvgIpc) is 3.48. The first kappa shape index (κ1) is 28.6. The van der Waals surface area contributed by atoms with Crippen LogP contribution in [0.3, 0.4) is 0 Å². The molecule has 0 amide bonds. The van der Waals surface area contributed by atoms with E-state index in [1.807, 2.05) is 70.2 Å². The number of nitrogens with one attached hydrogen (secondary N) is 1. The number of halogens is 1. The zero-order valence-electron chi connectivity index (χ0n) is 24.3. The van der Waals surface area contributed by atoms with Gasteiger partial charge in [0.15, 0.2) is 0 Å². The third-order valence-corrected chi connectivity index (χ3v) is 8.55.